The monoisotopic (exact) mass is 257 g/mol. The van der Waals surface area contributed by atoms with Crippen LogP contribution in [0.1, 0.15) is 12.0 Å². The zero-order chi connectivity index (χ0) is 12.9. The van der Waals surface area contributed by atoms with Gasteiger partial charge in [0.1, 0.15) is 0 Å². The molecule has 0 aliphatic rings. The first kappa shape index (κ1) is 14.0. The Morgan fingerprint density at radius 1 is 1.35 bits per heavy atom. The maximum atomic E-state index is 11.9. The van der Waals surface area contributed by atoms with E-state index in [1.807, 2.05) is 25.1 Å². The minimum atomic E-state index is -3.48. The Morgan fingerprint density at radius 3 is 2.53 bits per heavy atom. The molecule has 0 atom stereocenters. The fourth-order valence-electron chi connectivity index (χ4n) is 1.56. The van der Waals surface area contributed by atoms with E-state index in [4.69, 9.17) is 5.73 Å². The van der Waals surface area contributed by atoms with E-state index in [9.17, 15) is 8.42 Å². The van der Waals surface area contributed by atoms with Crippen molar-refractivity contribution in [1.29, 1.82) is 0 Å². The summed E-state index contributed by atoms with van der Waals surface area (Å²) in [5.74, 6) is 0. The smallest absolute Gasteiger partial charge is 0.301 e. The van der Waals surface area contributed by atoms with Crippen molar-refractivity contribution in [2.75, 3.05) is 24.4 Å². The second kappa shape index (κ2) is 6.00. The standard InChI is InChI=1S/C11H19N3O2S/c1-10-6-3-4-7-11(10)14(9-5-8-12)17(15,16)13-2/h3-4,6-7,13H,5,8-9,12H2,1-2H3. The van der Waals surface area contributed by atoms with Gasteiger partial charge in [-0.15, -0.1) is 0 Å². The van der Waals surface area contributed by atoms with Crippen molar-refractivity contribution in [2.45, 2.75) is 13.3 Å². The Bertz CT molecular complexity index is 460. The molecule has 0 saturated carbocycles. The van der Waals surface area contributed by atoms with E-state index >= 15 is 0 Å². The lowest BCUT2D eigenvalue weighted by molar-refractivity contribution is 0.581. The molecule has 5 nitrogen and oxygen atoms in total. The van der Waals surface area contributed by atoms with Crippen LogP contribution in [-0.2, 0) is 10.2 Å². The fraction of sp³-hybridized carbons (Fsp3) is 0.455. The molecule has 0 aliphatic heterocycles. The number of hydrogen-bond donors (Lipinski definition) is 2. The first-order chi connectivity index (χ1) is 8.03. The van der Waals surface area contributed by atoms with E-state index in [0.717, 1.165) is 5.56 Å². The molecule has 0 bridgehead atoms. The van der Waals surface area contributed by atoms with Gasteiger partial charge in [0.15, 0.2) is 0 Å². The summed E-state index contributed by atoms with van der Waals surface area (Å²) in [5.41, 5.74) is 7.05. The second-order valence-electron chi connectivity index (χ2n) is 3.71. The summed E-state index contributed by atoms with van der Waals surface area (Å²) in [6.45, 7) is 2.72. The van der Waals surface area contributed by atoms with E-state index in [1.54, 1.807) is 6.07 Å². The SMILES string of the molecule is CNS(=O)(=O)N(CCCN)c1ccccc1C. The lowest BCUT2D eigenvalue weighted by Crippen LogP contribution is -2.40. The van der Waals surface area contributed by atoms with Gasteiger partial charge in [-0.1, -0.05) is 18.2 Å². The summed E-state index contributed by atoms with van der Waals surface area (Å²) in [5, 5.41) is 0. The molecule has 1 rings (SSSR count). The molecule has 0 radical (unpaired) electrons. The molecule has 1 aromatic rings. The number of para-hydroxylation sites is 1. The Labute approximate surface area is 103 Å². The Hall–Kier alpha value is -1.11. The average Bonchev–Trinajstić information content (AvgIpc) is 2.31. The zero-order valence-electron chi connectivity index (χ0n) is 10.2. The summed E-state index contributed by atoms with van der Waals surface area (Å²) in [6.07, 6.45) is 0.620. The predicted octanol–water partition coefficient (Wildman–Crippen LogP) is 0.614. The number of nitrogens with two attached hydrogens (primary N) is 1. The summed E-state index contributed by atoms with van der Waals surface area (Å²) < 4.78 is 27.6. The van der Waals surface area contributed by atoms with Gasteiger partial charge in [0.2, 0.25) is 0 Å². The molecular formula is C11H19N3O2S. The third-order valence-electron chi connectivity index (χ3n) is 2.50. The molecule has 96 valence electrons. The maximum absolute atomic E-state index is 11.9. The Balaban J connectivity index is 3.11. The number of rotatable bonds is 6. The van der Waals surface area contributed by atoms with E-state index in [-0.39, 0.29) is 0 Å². The van der Waals surface area contributed by atoms with Crippen LogP contribution in [0.4, 0.5) is 5.69 Å². The van der Waals surface area contributed by atoms with E-state index in [1.165, 1.54) is 11.4 Å². The van der Waals surface area contributed by atoms with Crippen LogP contribution >= 0.6 is 0 Å². The van der Waals surface area contributed by atoms with Crippen molar-refractivity contribution >= 4 is 15.9 Å². The molecule has 0 saturated heterocycles. The molecule has 1 aromatic carbocycles. The van der Waals surface area contributed by atoms with Crippen LogP contribution in [0.3, 0.4) is 0 Å². The van der Waals surface area contributed by atoms with Crippen molar-refractivity contribution < 1.29 is 8.42 Å². The van der Waals surface area contributed by atoms with Crippen molar-refractivity contribution in [2.24, 2.45) is 5.73 Å². The van der Waals surface area contributed by atoms with E-state index in [0.29, 0.717) is 25.2 Å². The third-order valence-corrected chi connectivity index (χ3v) is 3.97. The van der Waals surface area contributed by atoms with Gasteiger partial charge < -0.3 is 5.73 Å². The number of aryl methyl sites for hydroxylation is 1. The molecule has 3 N–H and O–H groups in total. The summed E-state index contributed by atoms with van der Waals surface area (Å²) in [7, 11) is -2.07. The van der Waals surface area contributed by atoms with Crippen LogP contribution in [0.2, 0.25) is 0 Å². The fourth-order valence-corrected chi connectivity index (χ4v) is 2.61. The van der Waals surface area contributed by atoms with Crippen LogP contribution < -0.4 is 14.8 Å². The topological polar surface area (TPSA) is 75.4 Å². The number of benzene rings is 1. The van der Waals surface area contributed by atoms with Crippen LogP contribution in [0.15, 0.2) is 24.3 Å². The molecule has 0 fully saturated rings. The van der Waals surface area contributed by atoms with Gasteiger partial charge in [0.25, 0.3) is 0 Å². The quantitative estimate of drug-likeness (QED) is 0.784. The van der Waals surface area contributed by atoms with Crippen LogP contribution in [0.25, 0.3) is 0 Å². The maximum Gasteiger partial charge on any atom is 0.301 e. The van der Waals surface area contributed by atoms with Crippen molar-refractivity contribution in [3.05, 3.63) is 29.8 Å². The minimum Gasteiger partial charge on any atom is -0.330 e. The predicted molar refractivity (Wildman–Crippen MR) is 70.2 cm³/mol. The van der Waals surface area contributed by atoms with E-state index in [2.05, 4.69) is 4.72 Å². The Morgan fingerprint density at radius 2 is 2.00 bits per heavy atom. The van der Waals surface area contributed by atoms with Crippen LogP contribution in [0.5, 0.6) is 0 Å². The highest BCUT2D eigenvalue weighted by molar-refractivity contribution is 7.90. The molecule has 0 amide bonds. The lowest BCUT2D eigenvalue weighted by Gasteiger charge is -2.25. The van der Waals surface area contributed by atoms with Crippen molar-refractivity contribution in [3.8, 4) is 0 Å². The van der Waals surface area contributed by atoms with Gasteiger partial charge in [-0.2, -0.15) is 8.42 Å². The molecule has 6 heteroatoms. The Kier molecular flexibility index (Phi) is 4.92. The van der Waals surface area contributed by atoms with Gasteiger partial charge >= 0.3 is 10.2 Å². The molecule has 0 unspecified atom stereocenters. The van der Waals surface area contributed by atoms with Gasteiger partial charge in [-0.05, 0) is 31.5 Å². The summed E-state index contributed by atoms with van der Waals surface area (Å²) >= 11 is 0. The summed E-state index contributed by atoms with van der Waals surface area (Å²) in [6, 6.07) is 7.38. The van der Waals surface area contributed by atoms with Crippen LogP contribution in [-0.4, -0.2) is 28.6 Å². The number of hydrogen-bond acceptors (Lipinski definition) is 3. The van der Waals surface area contributed by atoms with Gasteiger partial charge in [0.05, 0.1) is 5.69 Å². The zero-order valence-corrected chi connectivity index (χ0v) is 11.0. The highest BCUT2D eigenvalue weighted by atomic mass is 32.2. The molecular weight excluding hydrogens is 238 g/mol. The van der Waals surface area contributed by atoms with Crippen LogP contribution in [0, 0.1) is 6.92 Å². The molecule has 0 heterocycles. The first-order valence-corrected chi connectivity index (χ1v) is 6.94. The first-order valence-electron chi connectivity index (χ1n) is 5.50. The van der Waals surface area contributed by atoms with Gasteiger partial charge in [-0.3, -0.25) is 4.31 Å². The number of nitrogens with one attached hydrogen (secondary N) is 1. The lowest BCUT2D eigenvalue weighted by atomic mass is 10.2. The molecule has 17 heavy (non-hydrogen) atoms. The highest BCUT2D eigenvalue weighted by Crippen LogP contribution is 2.21. The molecule has 0 aromatic heterocycles. The molecule has 0 spiro atoms. The minimum absolute atomic E-state index is 0.379. The second-order valence-corrected chi connectivity index (χ2v) is 5.51. The van der Waals surface area contributed by atoms with Gasteiger partial charge in [0, 0.05) is 13.6 Å². The van der Waals surface area contributed by atoms with E-state index < -0.39 is 10.2 Å². The number of anilines is 1. The third kappa shape index (κ3) is 3.42. The highest BCUT2D eigenvalue weighted by Gasteiger charge is 2.20. The number of nitrogens with zero attached hydrogens (tertiary/aromatic N) is 1. The van der Waals surface area contributed by atoms with Gasteiger partial charge in [-0.25, -0.2) is 4.72 Å². The largest absolute Gasteiger partial charge is 0.330 e. The van der Waals surface area contributed by atoms with Crippen molar-refractivity contribution in [3.63, 3.8) is 0 Å². The van der Waals surface area contributed by atoms with Crippen molar-refractivity contribution in [1.82, 2.24) is 4.72 Å². The average molecular weight is 257 g/mol. The molecule has 0 aliphatic carbocycles. The normalized spacial score (nSPS) is 11.5. The summed E-state index contributed by atoms with van der Waals surface area (Å²) in [4.78, 5) is 0.